The maximum absolute atomic E-state index is 13.9. The van der Waals surface area contributed by atoms with E-state index >= 15 is 0 Å². The summed E-state index contributed by atoms with van der Waals surface area (Å²) in [7, 11) is -3.98. The van der Waals surface area contributed by atoms with Gasteiger partial charge in [0.2, 0.25) is 10.0 Å². The summed E-state index contributed by atoms with van der Waals surface area (Å²) in [5, 5.41) is 0. The summed E-state index contributed by atoms with van der Waals surface area (Å²) < 4.78 is 54.6. The number of hydrogen-bond donors (Lipinski definition) is 0. The van der Waals surface area contributed by atoms with Crippen LogP contribution in [0.15, 0.2) is 51.8 Å². The first-order valence-corrected chi connectivity index (χ1v) is 10.0. The minimum atomic E-state index is -3.98. The predicted molar refractivity (Wildman–Crippen MR) is 95.2 cm³/mol. The van der Waals surface area contributed by atoms with E-state index in [9.17, 15) is 22.0 Å². The molecule has 3 rings (SSSR count). The van der Waals surface area contributed by atoms with E-state index < -0.39 is 32.5 Å². The Hall–Kier alpha value is -1.84. The molecule has 26 heavy (non-hydrogen) atoms. The Morgan fingerprint density at radius 3 is 2.27 bits per heavy atom. The fraction of sp³-hybridized carbons (Fsp3) is 0.235. The Labute approximate surface area is 158 Å². The smallest absolute Gasteiger partial charge is 0.256 e. The van der Waals surface area contributed by atoms with Crippen LogP contribution in [0.25, 0.3) is 0 Å². The molecule has 1 aliphatic heterocycles. The molecule has 0 radical (unpaired) electrons. The zero-order valence-corrected chi connectivity index (χ0v) is 15.9. The van der Waals surface area contributed by atoms with Crippen molar-refractivity contribution < 1.29 is 22.0 Å². The van der Waals surface area contributed by atoms with Crippen molar-refractivity contribution in [1.29, 1.82) is 0 Å². The van der Waals surface area contributed by atoms with E-state index in [1.165, 1.54) is 41.3 Å². The average molecular weight is 445 g/mol. The Balaban J connectivity index is 1.74. The van der Waals surface area contributed by atoms with Crippen LogP contribution in [0.3, 0.4) is 0 Å². The number of nitrogens with zero attached hydrogens (tertiary/aromatic N) is 2. The molecule has 2 aromatic carbocycles. The molecule has 0 aliphatic carbocycles. The van der Waals surface area contributed by atoms with Crippen LogP contribution in [-0.4, -0.2) is 49.7 Å². The molecule has 5 nitrogen and oxygen atoms in total. The van der Waals surface area contributed by atoms with Crippen molar-refractivity contribution in [2.45, 2.75) is 4.90 Å². The average Bonchev–Trinajstić information content (AvgIpc) is 2.63. The molecule has 1 heterocycles. The van der Waals surface area contributed by atoms with Gasteiger partial charge in [0, 0.05) is 30.7 Å². The zero-order valence-electron chi connectivity index (χ0n) is 13.5. The second kappa shape index (κ2) is 7.42. The lowest BCUT2D eigenvalue weighted by Crippen LogP contribution is -2.50. The van der Waals surface area contributed by atoms with Crippen LogP contribution in [0.1, 0.15) is 10.4 Å². The van der Waals surface area contributed by atoms with Crippen LogP contribution in [-0.2, 0) is 10.0 Å². The van der Waals surface area contributed by atoms with Gasteiger partial charge in [-0.3, -0.25) is 4.79 Å². The molecule has 0 atom stereocenters. The van der Waals surface area contributed by atoms with E-state index in [0.717, 1.165) is 10.4 Å². The van der Waals surface area contributed by atoms with E-state index in [1.54, 1.807) is 0 Å². The molecular formula is C17H15BrF2N2O3S. The Morgan fingerprint density at radius 1 is 0.962 bits per heavy atom. The summed E-state index contributed by atoms with van der Waals surface area (Å²) in [6, 6.07) is 9.23. The Bertz CT molecular complexity index is 945. The molecule has 2 aromatic rings. The molecule has 0 bridgehead atoms. The van der Waals surface area contributed by atoms with E-state index in [0.29, 0.717) is 4.47 Å². The molecule has 1 aliphatic rings. The SMILES string of the molecule is O=C(c1cc(Br)ccc1F)N1CCN(S(=O)(=O)c2ccccc2F)CC1. The normalized spacial score (nSPS) is 15.9. The van der Waals surface area contributed by atoms with Gasteiger partial charge in [0.05, 0.1) is 5.56 Å². The summed E-state index contributed by atoms with van der Waals surface area (Å²) in [5.74, 6) is -1.96. The fourth-order valence-corrected chi connectivity index (χ4v) is 4.60. The number of hydrogen-bond acceptors (Lipinski definition) is 3. The van der Waals surface area contributed by atoms with Gasteiger partial charge in [0.25, 0.3) is 5.91 Å². The third kappa shape index (κ3) is 3.65. The van der Waals surface area contributed by atoms with Crippen LogP contribution in [0.4, 0.5) is 8.78 Å². The van der Waals surface area contributed by atoms with Crippen LogP contribution in [0.5, 0.6) is 0 Å². The number of amides is 1. The van der Waals surface area contributed by atoms with Gasteiger partial charge in [-0.25, -0.2) is 17.2 Å². The summed E-state index contributed by atoms with van der Waals surface area (Å²) in [6.07, 6.45) is 0. The van der Waals surface area contributed by atoms with Crippen LogP contribution >= 0.6 is 15.9 Å². The lowest BCUT2D eigenvalue weighted by Gasteiger charge is -2.34. The van der Waals surface area contributed by atoms with Gasteiger partial charge in [-0.1, -0.05) is 28.1 Å². The molecule has 0 spiro atoms. The lowest BCUT2D eigenvalue weighted by atomic mass is 10.1. The molecule has 0 N–H and O–H groups in total. The van der Waals surface area contributed by atoms with E-state index in [-0.39, 0.29) is 31.7 Å². The third-order valence-corrected chi connectivity index (χ3v) is 6.56. The van der Waals surface area contributed by atoms with E-state index in [4.69, 9.17) is 0 Å². The summed E-state index contributed by atoms with van der Waals surface area (Å²) in [6.45, 7) is 0.215. The highest BCUT2D eigenvalue weighted by Crippen LogP contribution is 2.22. The number of carbonyl (C=O) groups excluding carboxylic acids is 1. The van der Waals surface area contributed by atoms with Gasteiger partial charge in [0.1, 0.15) is 16.5 Å². The second-order valence-electron chi connectivity index (χ2n) is 5.75. The topological polar surface area (TPSA) is 57.7 Å². The quantitative estimate of drug-likeness (QED) is 0.731. The summed E-state index contributed by atoms with van der Waals surface area (Å²) in [5.41, 5.74) is -0.0789. The molecule has 0 aromatic heterocycles. The minimum absolute atomic E-state index is 0.0119. The van der Waals surface area contributed by atoms with Gasteiger partial charge in [-0.05, 0) is 30.3 Å². The Morgan fingerprint density at radius 2 is 1.62 bits per heavy atom. The van der Waals surface area contributed by atoms with Crippen LogP contribution in [0, 0.1) is 11.6 Å². The van der Waals surface area contributed by atoms with Gasteiger partial charge in [0.15, 0.2) is 0 Å². The van der Waals surface area contributed by atoms with Crippen molar-refractivity contribution >= 4 is 31.9 Å². The largest absolute Gasteiger partial charge is 0.336 e. The third-order valence-electron chi connectivity index (χ3n) is 4.14. The first kappa shape index (κ1) is 18.9. The van der Waals surface area contributed by atoms with Crippen molar-refractivity contribution in [3.8, 4) is 0 Å². The first-order chi connectivity index (χ1) is 12.3. The van der Waals surface area contributed by atoms with Crippen molar-refractivity contribution in [3.63, 3.8) is 0 Å². The maximum atomic E-state index is 13.9. The van der Waals surface area contributed by atoms with Gasteiger partial charge < -0.3 is 4.90 Å². The van der Waals surface area contributed by atoms with Crippen molar-refractivity contribution in [1.82, 2.24) is 9.21 Å². The van der Waals surface area contributed by atoms with Crippen molar-refractivity contribution in [2.24, 2.45) is 0 Å². The monoisotopic (exact) mass is 444 g/mol. The standard InChI is InChI=1S/C17H15BrF2N2O3S/c18-12-5-6-14(19)13(11-12)17(23)21-7-9-22(10-8-21)26(24,25)16-4-2-1-3-15(16)20/h1-6,11H,7-10H2. The molecule has 0 saturated carbocycles. The van der Waals surface area contributed by atoms with E-state index in [1.807, 2.05) is 0 Å². The number of carbonyl (C=O) groups is 1. The van der Waals surface area contributed by atoms with Crippen LogP contribution < -0.4 is 0 Å². The zero-order chi connectivity index (χ0) is 18.9. The number of rotatable bonds is 3. The van der Waals surface area contributed by atoms with Crippen molar-refractivity contribution in [3.05, 3.63) is 64.1 Å². The highest BCUT2D eigenvalue weighted by molar-refractivity contribution is 9.10. The Kier molecular flexibility index (Phi) is 5.40. The highest BCUT2D eigenvalue weighted by Gasteiger charge is 2.32. The van der Waals surface area contributed by atoms with Gasteiger partial charge in [-0.2, -0.15) is 4.31 Å². The highest BCUT2D eigenvalue weighted by atomic mass is 79.9. The van der Waals surface area contributed by atoms with Crippen LogP contribution in [0.2, 0.25) is 0 Å². The molecule has 1 fully saturated rings. The number of piperazine rings is 1. The summed E-state index contributed by atoms with van der Waals surface area (Å²) >= 11 is 3.20. The van der Waals surface area contributed by atoms with Gasteiger partial charge >= 0.3 is 0 Å². The first-order valence-electron chi connectivity index (χ1n) is 7.80. The fourth-order valence-electron chi connectivity index (χ4n) is 2.76. The molecule has 1 saturated heterocycles. The number of benzene rings is 2. The lowest BCUT2D eigenvalue weighted by molar-refractivity contribution is 0.0693. The molecule has 9 heteroatoms. The molecule has 0 unspecified atom stereocenters. The second-order valence-corrected chi connectivity index (χ2v) is 8.57. The van der Waals surface area contributed by atoms with Gasteiger partial charge in [-0.15, -0.1) is 0 Å². The molecular weight excluding hydrogens is 430 g/mol. The van der Waals surface area contributed by atoms with Crippen molar-refractivity contribution in [2.75, 3.05) is 26.2 Å². The van der Waals surface area contributed by atoms with E-state index in [2.05, 4.69) is 15.9 Å². The molecule has 138 valence electrons. The predicted octanol–water partition coefficient (Wildman–Crippen LogP) is 2.87. The minimum Gasteiger partial charge on any atom is -0.336 e. The summed E-state index contributed by atoms with van der Waals surface area (Å²) in [4.78, 5) is 13.5. The number of sulfonamides is 1. The number of halogens is 3. The molecule has 1 amide bonds. The maximum Gasteiger partial charge on any atom is 0.256 e.